The summed E-state index contributed by atoms with van der Waals surface area (Å²) in [5.41, 5.74) is 1.92. The van der Waals surface area contributed by atoms with Gasteiger partial charge in [-0.3, -0.25) is 9.59 Å². The van der Waals surface area contributed by atoms with E-state index >= 15 is 0 Å². The van der Waals surface area contributed by atoms with Gasteiger partial charge in [0.1, 0.15) is 0 Å². The maximum Gasteiger partial charge on any atom is 0.159 e. The van der Waals surface area contributed by atoms with Gasteiger partial charge in [0.2, 0.25) is 0 Å². The van der Waals surface area contributed by atoms with Crippen LogP contribution in [0.5, 0.6) is 0 Å². The minimum absolute atomic E-state index is 0.245. The number of carbonyl (C=O) groups is 2. The molecule has 0 bridgehead atoms. The zero-order chi connectivity index (χ0) is 15.9. The minimum Gasteiger partial charge on any atom is -0.295 e. The summed E-state index contributed by atoms with van der Waals surface area (Å²) in [7, 11) is 0. The quantitative estimate of drug-likeness (QED) is 0.615. The molecule has 2 aliphatic carbocycles. The number of carbonyl (C=O) groups excluding carboxylic acids is 2. The SMILES string of the molecule is CCC(=O)C(=C(C(=O)CC)C1CCCCC1)C1CCCCC1. The van der Waals surface area contributed by atoms with Gasteiger partial charge in [-0.25, -0.2) is 0 Å². The van der Waals surface area contributed by atoms with E-state index in [-0.39, 0.29) is 11.6 Å². The van der Waals surface area contributed by atoms with E-state index in [1.165, 1.54) is 38.5 Å². The van der Waals surface area contributed by atoms with Crippen LogP contribution in [0.3, 0.4) is 0 Å². The molecule has 0 aromatic rings. The van der Waals surface area contributed by atoms with Crippen LogP contribution < -0.4 is 0 Å². The Kier molecular flexibility index (Phi) is 6.85. The Morgan fingerprint density at radius 1 is 0.636 bits per heavy atom. The van der Waals surface area contributed by atoms with Gasteiger partial charge >= 0.3 is 0 Å². The molecule has 2 saturated carbocycles. The van der Waals surface area contributed by atoms with Gasteiger partial charge in [-0.15, -0.1) is 0 Å². The average Bonchev–Trinajstić information content (AvgIpc) is 2.59. The molecule has 2 heteroatoms. The van der Waals surface area contributed by atoms with Gasteiger partial charge in [-0.2, -0.15) is 0 Å². The van der Waals surface area contributed by atoms with Crippen LogP contribution in [0.25, 0.3) is 0 Å². The Hall–Kier alpha value is -0.920. The highest BCUT2D eigenvalue weighted by atomic mass is 16.1. The van der Waals surface area contributed by atoms with Crippen LogP contribution >= 0.6 is 0 Å². The summed E-state index contributed by atoms with van der Waals surface area (Å²) in [6.07, 6.45) is 12.9. The summed E-state index contributed by atoms with van der Waals surface area (Å²) in [4.78, 5) is 25.4. The third kappa shape index (κ3) is 4.08. The highest BCUT2D eigenvalue weighted by Gasteiger charge is 2.32. The molecule has 0 amide bonds. The molecule has 124 valence electrons. The van der Waals surface area contributed by atoms with Gasteiger partial charge in [0, 0.05) is 24.0 Å². The third-order valence-electron chi connectivity index (χ3n) is 5.56. The Balaban J connectivity index is 2.42. The van der Waals surface area contributed by atoms with Gasteiger partial charge in [-0.05, 0) is 37.5 Å². The highest BCUT2D eigenvalue weighted by Crippen LogP contribution is 2.39. The van der Waals surface area contributed by atoms with Crippen molar-refractivity contribution in [2.24, 2.45) is 11.8 Å². The van der Waals surface area contributed by atoms with Crippen molar-refractivity contribution < 1.29 is 9.59 Å². The smallest absolute Gasteiger partial charge is 0.159 e. The van der Waals surface area contributed by atoms with E-state index in [0.717, 1.165) is 36.8 Å². The number of allylic oxidation sites excluding steroid dienone is 2. The second kappa shape index (κ2) is 8.64. The summed E-state index contributed by atoms with van der Waals surface area (Å²) in [6.45, 7) is 3.89. The fourth-order valence-electron chi connectivity index (χ4n) is 4.36. The van der Waals surface area contributed by atoms with Crippen LogP contribution in [0.4, 0.5) is 0 Å². The van der Waals surface area contributed by atoms with Crippen molar-refractivity contribution in [1.29, 1.82) is 0 Å². The average molecular weight is 304 g/mol. The van der Waals surface area contributed by atoms with E-state index in [1.54, 1.807) is 0 Å². The molecule has 0 atom stereocenters. The lowest BCUT2D eigenvalue weighted by Crippen LogP contribution is -2.25. The van der Waals surface area contributed by atoms with Gasteiger partial charge in [0.05, 0.1) is 0 Å². The summed E-state index contributed by atoms with van der Waals surface area (Å²) < 4.78 is 0. The van der Waals surface area contributed by atoms with E-state index in [1.807, 2.05) is 13.8 Å². The van der Waals surface area contributed by atoms with E-state index in [2.05, 4.69) is 0 Å². The van der Waals surface area contributed by atoms with Gasteiger partial charge in [0.25, 0.3) is 0 Å². The van der Waals surface area contributed by atoms with Crippen molar-refractivity contribution in [1.82, 2.24) is 0 Å². The molecule has 2 fully saturated rings. The molecular weight excluding hydrogens is 272 g/mol. The van der Waals surface area contributed by atoms with Crippen molar-refractivity contribution in [3.8, 4) is 0 Å². The molecule has 0 radical (unpaired) electrons. The summed E-state index contributed by atoms with van der Waals surface area (Å²) in [5.74, 6) is 1.20. The number of ketones is 2. The largest absolute Gasteiger partial charge is 0.295 e. The topological polar surface area (TPSA) is 34.1 Å². The van der Waals surface area contributed by atoms with Crippen LogP contribution in [0.2, 0.25) is 0 Å². The lowest BCUT2D eigenvalue weighted by atomic mass is 9.73. The van der Waals surface area contributed by atoms with Crippen LogP contribution in [0.15, 0.2) is 11.1 Å². The molecule has 2 nitrogen and oxygen atoms in total. The molecule has 2 aliphatic rings. The van der Waals surface area contributed by atoms with Crippen molar-refractivity contribution in [3.05, 3.63) is 11.1 Å². The molecule has 0 spiro atoms. The lowest BCUT2D eigenvalue weighted by molar-refractivity contribution is -0.118. The molecular formula is C20H32O2. The first kappa shape index (κ1) is 17.4. The van der Waals surface area contributed by atoms with Gasteiger partial charge in [0.15, 0.2) is 11.6 Å². The third-order valence-corrected chi connectivity index (χ3v) is 5.56. The highest BCUT2D eigenvalue weighted by molar-refractivity contribution is 6.06. The lowest BCUT2D eigenvalue weighted by Gasteiger charge is -2.31. The normalized spacial score (nSPS) is 22.3. The first-order chi connectivity index (χ1) is 10.7. The fraction of sp³-hybridized carbons (Fsp3) is 0.800. The molecule has 0 N–H and O–H groups in total. The van der Waals surface area contributed by atoms with Crippen LogP contribution in [0.1, 0.15) is 90.9 Å². The number of hydrogen-bond donors (Lipinski definition) is 0. The maximum absolute atomic E-state index is 12.7. The summed E-state index contributed by atoms with van der Waals surface area (Å²) >= 11 is 0. The Morgan fingerprint density at radius 3 is 1.23 bits per heavy atom. The second-order valence-corrected chi connectivity index (χ2v) is 7.05. The Labute approximate surface area is 135 Å². The molecule has 0 saturated heterocycles. The first-order valence-electron chi connectivity index (χ1n) is 9.49. The molecule has 0 aromatic heterocycles. The Morgan fingerprint density at radius 2 is 0.955 bits per heavy atom. The number of hydrogen-bond acceptors (Lipinski definition) is 2. The van der Waals surface area contributed by atoms with Crippen LogP contribution in [-0.2, 0) is 9.59 Å². The number of Topliss-reactive ketones (excluding diaryl/α,β-unsaturated/α-hetero) is 2. The zero-order valence-corrected chi connectivity index (χ0v) is 14.5. The second-order valence-electron chi connectivity index (χ2n) is 7.05. The first-order valence-corrected chi connectivity index (χ1v) is 9.49. The molecule has 0 heterocycles. The minimum atomic E-state index is 0.245. The van der Waals surface area contributed by atoms with Crippen molar-refractivity contribution in [2.75, 3.05) is 0 Å². The predicted octanol–water partition coefficient (Wildman–Crippen LogP) is 5.40. The van der Waals surface area contributed by atoms with Crippen LogP contribution in [0, 0.1) is 11.8 Å². The molecule has 0 unspecified atom stereocenters. The van der Waals surface area contributed by atoms with Crippen molar-refractivity contribution >= 4 is 11.6 Å². The van der Waals surface area contributed by atoms with Crippen LogP contribution in [-0.4, -0.2) is 11.6 Å². The fourth-order valence-corrected chi connectivity index (χ4v) is 4.36. The van der Waals surface area contributed by atoms with E-state index in [9.17, 15) is 9.59 Å². The van der Waals surface area contributed by atoms with E-state index in [4.69, 9.17) is 0 Å². The van der Waals surface area contributed by atoms with E-state index < -0.39 is 0 Å². The van der Waals surface area contributed by atoms with Crippen molar-refractivity contribution in [2.45, 2.75) is 90.9 Å². The predicted molar refractivity (Wildman–Crippen MR) is 90.8 cm³/mol. The summed E-state index contributed by atoms with van der Waals surface area (Å²) in [5, 5.41) is 0. The van der Waals surface area contributed by atoms with E-state index in [0.29, 0.717) is 24.7 Å². The molecule has 0 aromatic carbocycles. The van der Waals surface area contributed by atoms with Crippen molar-refractivity contribution in [3.63, 3.8) is 0 Å². The monoisotopic (exact) mass is 304 g/mol. The molecule has 22 heavy (non-hydrogen) atoms. The summed E-state index contributed by atoms with van der Waals surface area (Å²) in [6, 6.07) is 0. The van der Waals surface area contributed by atoms with Gasteiger partial charge in [-0.1, -0.05) is 52.4 Å². The standard InChI is InChI=1S/C20H32O2/c1-3-17(21)19(15-11-7-5-8-12-15)20(18(22)4-2)16-13-9-6-10-14-16/h15-16H,3-14H2,1-2H3. The zero-order valence-electron chi connectivity index (χ0n) is 14.5. The van der Waals surface area contributed by atoms with Gasteiger partial charge < -0.3 is 0 Å². The maximum atomic E-state index is 12.7. The molecule has 0 aliphatic heterocycles. The number of rotatable bonds is 6. The molecule has 2 rings (SSSR count). The Bertz CT molecular complexity index is 381.